The molecular formula is C14H13N5O2S. The van der Waals surface area contributed by atoms with Gasteiger partial charge in [-0.1, -0.05) is 11.3 Å². The Labute approximate surface area is 129 Å². The molecule has 7 nitrogen and oxygen atoms in total. The minimum absolute atomic E-state index is 0.0499. The third-order valence-electron chi connectivity index (χ3n) is 3.10. The number of hydrogen-bond acceptors (Lipinski definition) is 5. The summed E-state index contributed by atoms with van der Waals surface area (Å²) in [4.78, 5) is 35.7. The number of rotatable bonds is 3. The van der Waals surface area contributed by atoms with Gasteiger partial charge in [0.1, 0.15) is 5.56 Å². The van der Waals surface area contributed by atoms with Crippen molar-refractivity contribution >= 4 is 22.4 Å². The molecule has 3 aromatic rings. The van der Waals surface area contributed by atoms with Gasteiger partial charge in [0.25, 0.3) is 11.5 Å². The highest BCUT2D eigenvalue weighted by molar-refractivity contribution is 7.19. The second-order valence-electron chi connectivity index (χ2n) is 4.66. The van der Waals surface area contributed by atoms with Gasteiger partial charge in [-0.25, -0.2) is 9.97 Å². The average Bonchev–Trinajstić information content (AvgIpc) is 3.05. The van der Waals surface area contributed by atoms with Crippen LogP contribution in [0.1, 0.15) is 16.1 Å². The number of thiazole rings is 1. The number of H-pyrrole nitrogens is 1. The maximum absolute atomic E-state index is 12.1. The van der Waals surface area contributed by atoms with Crippen LogP contribution in [0.5, 0.6) is 0 Å². The van der Waals surface area contributed by atoms with E-state index in [0.717, 1.165) is 16.4 Å². The van der Waals surface area contributed by atoms with Gasteiger partial charge in [0.2, 0.25) is 0 Å². The van der Waals surface area contributed by atoms with E-state index in [2.05, 4.69) is 20.3 Å². The molecule has 3 heterocycles. The number of nitrogens with one attached hydrogen (secondary N) is 2. The Morgan fingerprint density at radius 1 is 1.45 bits per heavy atom. The molecular weight excluding hydrogens is 302 g/mol. The standard InChI is InChI=1S/C14H13N5O2S/c1-8-10(11-15-6-7-19(11)2)22-14(17-8)18-13(21)9-4-3-5-16-12(9)20/h3-7H,1-2H3,(H,16,20)(H,17,18,21). The first-order valence-corrected chi connectivity index (χ1v) is 7.32. The van der Waals surface area contributed by atoms with Crippen LogP contribution in [-0.4, -0.2) is 25.4 Å². The van der Waals surface area contributed by atoms with Crippen LogP contribution < -0.4 is 10.9 Å². The van der Waals surface area contributed by atoms with Crippen molar-refractivity contribution in [2.75, 3.05) is 5.32 Å². The summed E-state index contributed by atoms with van der Waals surface area (Å²) in [7, 11) is 1.89. The summed E-state index contributed by atoms with van der Waals surface area (Å²) in [5.41, 5.74) is 0.392. The third kappa shape index (κ3) is 2.56. The summed E-state index contributed by atoms with van der Waals surface area (Å²) in [6, 6.07) is 3.07. The lowest BCUT2D eigenvalue weighted by Gasteiger charge is -2.00. The van der Waals surface area contributed by atoms with E-state index >= 15 is 0 Å². The third-order valence-corrected chi connectivity index (χ3v) is 4.17. The molecule has 112 valence electrons. The SMILES string of the molecule is Cc1nc(NC(=O)c2ccc[nH]c2=O)sc1-c1nccn1C. The summed E-state index contributed by atoms with van der Waals surface area (Å²) < 4.78 is 1.88. The molecule has 0 fully saturated rings. The van der Waals surface area contributed by atoms with Gasteiger partial charge in [-0.15, -0.1) is 0 Å². The number of hydrogen-bond donors (Lipinski definition) is 2. The zero-order valence-electron chi connectivity index (χ0n) is 12.0. The normalized spacial score (nSPS) is 10.6. The number of imidazole rings is 1. The number of pyridine rings is 1. The van der Waals surface area contributed by atoms with Crippen LogP contribution in [0.3, 0.4) is 0 Å². The molecule has 0 aliphatic rings. The molecule has 2 N–H and O–H groups in total. The quantitative estimate of drug-likeness (QED) is 0.770. The lowest BCUT2D eigenvalue weighted by molar-refractivity contribution is 0.102. The van der Waals surface area contributed by atoms with Crippen LogP contribution in [0.4, 0.5) is 5.13 Å². The Morgan fingerprint density at radius 2 is 2.27 bits per heavy atom. The molecule has 0 aliphatic heterocycles. The lowest BCUT2D eigenvalue weighted by atomic mass is 10.3. The second kappa shape index (κ2) is 5.57. The summed E-state index contributed by atoms with van der Waals surface area (Å²) in [6.45, 7) is 1.85. The van der Waals surface area contributed by atoms with Crippen molar-refractivity contribution in [1.29, 1.82) is 0 Å². The Morgan fingerprint density at radius 3 is 2.95 bits per heavy atom. The average molecular weight is 315 g/mol. The zero-order valence-corrected chi connectivity index (χ0v) is 12.8. The fraction of sp³-hybridized carbons (Fsp3) is 0.143. The zero-order chi connectivity index (χ0) is 15.7. The van der Waals surface area contributed by atoms with Gasteiger partial charge in [-0.05, 0) is 19.1 Å². The lowest BCUT2D eigenvalue weighted by Crippen LogP contribution is -2.22. The first-order valence-electron chi connectivity index (χ1n) is 6.50. The largest absolute Gasteiger partial charge is 0.333 e. The minimum atomic E-state index is -0.484. The van der Waals surface area contributed by atoms with E-state index in [9.17, 15) is 9.59 Å². The van der Waals surface area contributed by atoms with Crippen LogP contribution in [0.2, 0.25) is 0 Å². The monoisotopic (exact) mass is 315 g/mol. The highest BCUT2D eigenvalue weighted by atomic mass is 32.1. The fourth-order valence-corrected chi connectivity index (χ4v) is 3.01. The number of carbonyl (C=O) groups is 1. The van der Waals surface area contributed by atoms with Gasteiger partial charge in [0, 0.05) is 25.6 Å². The Hall–Kier alpha value is -2.74. The van der Waals surface area contributed by atoms with E-state index < -0.39 is 11.5 Å². The number of nitrogens with zero attached hydrogens (tertiary/aromatic N) is 3. The van der Waals surface area contributed by atoms with Crippen molar-refractivity contribution in [3.8, 4) is 10.7 Å². The number of anilines is 1. The van der Waals surface area contributed by atoms with Gasteiger partial charge in [0.05, 0.1) is 10.6 Å². The number of aryl methyl sites for hydroxylation is 2. The van der Waals surface area contributed by atoms with Gasteiger partial charge >= 0.3 is 0 Å². The molecule has 0 unspecified atom stereocenters. The van der Waals surface area contributed by atoms with Crippen molar-refractivity contribution in [2.45, 2.75) is 6.92 Å². The first-order chi connectivity index (χ1) is 10.6. The minimum Gasteiger partial charge on any atom is -0.333 e. The molecule has 1 amide bonds. The number of carbonyl (C=O) groups excluding carboxylic acids is 1. The molecule has 3 rings (SSSR count). The Balaban J connectivity index is 1.89. The molecule has 8 heteroatoms. The van der Waals surface area contributed by atoms with Gasteiger partial charge in [-0.2, -0.15) is 0 Å². The maximum atomic E-state index is 12.1. The number of aromatic amines is 1. The van der Waals surface area contributed by atoms with Crippen molar-refractivity contribution in [1.82, 2.24) is 19.5 Å². The summed E-state index contributed by atoms with van der Waals surface area (Å²) in [5.74, 6) is 0.301. The van der Waals surface area contributed by atoms with E-state index in [0.29, 0.717) is 5.13 Å². The van der Waals surface area contributed by atoms with Crippen molar-refractivity contribution < 1.29 is 4.79 Å². The molecule has 0 saturated carbocycles. The summed E-state index contributed by atoms with van der Waals surface area (Å²) >= 11 is 1.32. The van der Waals surface area contributed by atoms with E-state index in [4.69, 9.17) is 0 Å². The molecule has 0 saturated heterocycles. The van der Waals surface area contributed by atoms with Crippen molar-refractivity contribution in [2.24, 2.45) is 7.05 Å². The number of amides is 1. The molecule has 0 bridgehead atoms. The molecule has 0 spiro atoms. The van der Waals surface area contributed by atoms with Crippen molar-refractivity contribution in [3.63, 3.8) is 0 Å². The topological polar surface area (TPSA) is 92.7 Å². The first kappa shape index (κ1) is 14.2. The van der Waals surface area contributed by atoms with Gasteiger partial charge in [0.15, 0.2) is 11.0 Å². The fourth-order valence-electron chi connectivity index (χ4n) is 2.01. The smallest absolute Gasteiger partial charge is 0.263 e. The Bertz CT molecular complexity index is 893. The van der Waals surface area contributed by atoms with Gasteiger partial charge < -0.3 is 9.55 Å². The van der Waals surface area contributed by atoms with Crippen LogP contribution >= 0.6 is 11.3 Å². The van der Waals surface area contributed by atoms with E-state index in [-0.39, 0.29) is 5.56 Å². The molecule has 0 aliphatic carbocycles. The number of aromatic nitrogens is 4. The van der Waals surface area contributed by atoms with E-state index in [1.807, 2.05) is 24.7 Å². The van der Waals surface area contributed by atoms with Crippen LogP contribution in [0.25, 0.3) is 10.7 Å². The van der Waals surface area contributed by atoms with E-state index in [1.165, 1.54) is 23.6 Å². The molecule has 0 radical (unpaired) electrons. The predicted molar refractivity (Wildman–Crippen MR) is 84.1 cm³/mol. The second-order valence-corrected chi connectivity index (χ2v) is 5.66. The highest BCUT2D eigenvalue weighted by Gasteiger charge is 2.16. The van der Waals surface area contributed by atoms with Crippen molar-refractivity contribution in [3.05, 3.63) is 52.3 Å². The molecule has 3 aromatic heterocycles. The van der Waals surface area contributed by atoms with E-state index in [1.54, 1.807) is 12.3 Å². The highest BCUT2D eigenvalue weighted by Crippen LogP contribution is 2.31. The van der Waals surface area contributed by atoms with Crippen LogP contribution in [0, 0.1) is 6.92 Å². The van der Waals surface area contributed by atoms with Crippen LogP contribution in [-0.2, 0) is 7.05 Å². The Kier molecular flexibility index (Phi) is 3.60. The summed E-state index contributed by atoms with van der Waals surface area (Å²) in [5, 5.41) is 3.09. The molecule has 0 aromatic carbocycles. The predicted octanol–water partition coefficient (Wildman–Crippen LogP) is 1.79. The van der Waals surface area contributed by atoms with Gasteiger partial charge in [-0.3, -0.25) is 14.9 Å². The maximum Gasteiger partial charge on any atom is 0.263 e. The summed E-state index contributed by atoms with van der Waals surface area (Å²) in [6.07, 6.45) is 5.03. The molecule has 0 atom stereocenters. The molecule has 22 heavy (non-hydrogen) atoms. The van der Waals surface area contributed by atoms with Crippen LogP contribution in [0.15, 0.2) is 35.5 Å².